The molecule has 0 amide bonds. The lowest BCUT2D eigenvalue weighted by Crippen LogP contribution is -2.27. The Hall–Kier alpha value is -1.27. The molecule has 0 unspecified atom stereocenters. The first-order valence-corrected chi connectivity index (χ1v) is 6.63. The quantitative estimate of drug-likeness (QED) is 0.786. The van der Waals surface area contributed by atoms with Crippen LogP contribution in [0.3, 0.4) is 0 Å². The molecule has 1 aromatic carbocycles. The molecule has 3 nitrogen and oxygen atoms in total. The van der Waals surface area contributed by atoms with Gasteiger partial charge in [0, 0.05) is 24.7 Å². The zero-order valence-electron chi connectivity index (χ0n) is 10.7. The highest BCUT2D eigenvalue weighted by molar-refractivity contribution is 7.80. The Morgan fingerprint density at radius 1 is 1.42 bits per heavy atom. The number of nitrogens with one attached hydrogen (secondary N) is 1. The van der Waals surface area contributed by atoms with Gasteiger partial charge in [-0.05, 0) is 32.0 Å². The molecule has 0 aromatic heterocycles. The molecule has 1 fully saturated rings. The van der Waals surface area contributed by atoms with Gasteiger partial charge in [0.1, 0.15) is 22.3 Å². The molecule has 1 saturated carbocycles. The van der Waals surface area contributed by atoms with Crippen molar-refractivity contribution in [1.29, 1.82) is 0 Å². The zero-order chi connectivity index (χ0) is 14.0. The maximum absolute atomic E-state index is 13.7. The lowest BCUT2D eigenvalue weighted by atomic mass is 10.2. The molecule has 0 spiro atoms. The van der Waals surface area contributed by atoms with E-state index < -0.39 is 11.6 Å². The maximum atomic E-state index is 13.7. The molecule has 1 aliphatic rings. The van der Waals surface area contributed by atoms with E-state index in [9.17, 15) is 8.78 Å². The molecule has 0 saturated heterocycles. The summed E-state index contributed by atoms with van der Waals surface area (Å²) in [5, 5.41) is 2.79. The van der Waals surface area contributed by atoms with Crippen LogP contribution in [0.2, 0.25) is 0 Å². The van der Waals surface area contributed by atoms with Gasteiger partial charge in [0.05, 0.1) is 0 Å². The lowest BCUT2D eigenvalue weighted by molar-refractivity contribution is 0.337. The molecule has 0 heterocycles. The van der Waals surface area contributed by atoms with Crippen LogP contribution in [0.1, 0.15) is 18.4 Å². The average Bonchev–Trinajstić information content (AvgIpc) is 3.15. The summed E-state index contributed by atoms with van der Waals surface area (Å²) in [6, 6.07) is 2.94. The smallest absolute Gasteiger partial charge is 0.150 e. The van der Waals surface area contributed by atoms with Crippen LogP contribution in [0.15, 0.2) is 12.1 Å². The van der Waals surface area contributed by atoms with Crippen LogP contribution in [0, 0.1) is 11.6 Å². The third-order valence-electron chi connectivity index (χ3n) is 3.26. The summed E-state index contributed by atoms with van der Waals surface area (Å²) in [4.78, 5) is 2.17. The van der Waals surface area contributed by atoms with E-state index in [2.05, 4.69) is 10.2 Å². The molecule has 2 rings (SSSR count). The Kier molecular flexibility index (Phi) is 4.31. The van der Waals surface area contributed by atoms with Crippen LogP contribution in [0.4, 0.5) is 14.5 Å². The number of benzene rings is 1. The van der Waals surface area contributed by atoms with Gasteiger partial charge < -0.3 is 16.0 Å². The van der Waals surface area contributed by atoms with Crippen molar-refractivity contribution in [3.05, 3.63) is 29.3 Å². The third-order valence-corrected chi connectivity index (χ3v) is 3.50. The Labute approximate surface area is 116 Å². The summed E-state index contributed by atoms with van der Waals surface area (Å²) in [5.41, 5.74) is 5.43. The molecule has 0 bridgehead atoms. The van der Waals surface area contributed by atoms with E-state index in [1.807, 2.05) is 7.05 Å². The van der Waals surface area contributed by atoms with Gasteiger partial charge in [-0.1, -0.05) is 12.2 Å². The lowest BCUT2D eigenvalue weighted by Gasteiger charge is -2.17. The van der Waals surface area contributed by atoms with Crippen molar-refractivity contribution in [2.75, 3.05) is 25.5 Å². The molecule has 1 aliphatic carbocycles. The highest BCUT2D eigenvalue weighted by Gasteiger charge is 2.25. The molecule has 0 aliphatic heterocycles. The van der Waals surface area contributed by atoms with Gasteiger partial charge in [0.25, 0.3) is 0 Å². The van der Waals surface area contributed by atoms with Crippen LogP contribution >= 0.6 is 12.2 Å². The third kappa shape index (κ3) is 3.61. The molecular formula is C13H17F2N3S. The van der Waals surface area contributed by atoms with Crippen LogP contribution < -0.4 is 11.1 Å². The van der Waals surface area contributed by atoms with Gasteiger partial charge in [-0.3, -0.25) is 0 Å². The van der Waals surface area contributed by atoms with Crippen molar-refractivity contribution in [2.24, 2.45) is 5.73 Å². The fourth-order valence-corrected chi connectivity index (χ4v) is 2.06. The average molecular weight is 285 g/mol. The second kappa shape index (κ2) is 5.79. The molecule has 1 aromatic rings. The SMILES string of the molecule is CN(CCNc1c(F)cc(C(N)=S)cc1F)C1CC1. The molecule has 19 heavy (non-hydrogen) atoms. The Balaban J connectivity index is 1.97. The minimum absolute atomic E-state index is 0.0159. The number of nitrogens with zero attached hydrogens (tertiary/aromatic N) is 1. The van der Waals surface area contributed by atoms with Crippen LogP contribution in [0.25, 0.3) is 0 Å². The second-order valence-electron chi connectivity index (χ2n) is 4.82. The fraction of sp³-hybridized carbons (Fsp3) is 0.462. The Morgan fingerprint density at radius 3 is 2.47 bits per heavy atom. The first-order valence-electron chi connectivity index (χ1n) is 6.22. The number of hydrogen-bond acceptors (Lipinski definition) is 3. The number of halogens is 2. The first kappa shape index (κ1) is 14.1. The minimum atomic E-state index is -0.670. The topological polar surface area (TPSA) is 41.3 Å². The van der Waals surface area contributed by atoms with Crippen molar-refractivity contribution >= 4 is 22.9 Å². The monoisotopic (exact) mass is 285 g/mol. The van der Waals surface area contributed by atoms with Crippen molar-refractivity contribution in [3.63, 3.8) is 0 Å². The van der Waals surface area contributed by atoms with Gasteiger partial charge in [-0.15, -0.1) is 0 Å². The largest absolute Gasteiger partial charge is 0.389 e. The predicted octanol–water partition coefficient (Wildman–Crippen LogP) is 2.11. The standard InChI is InChI=1S/C13H17F2N3S/c1-18(9-2-3-9)5-4-17-12-10(14)6-8(13(16)19)7-11(12)15/h6-7,9,17H,2-5H2,1H3,(H2,16,19). The highest BCUT2D eigenvalue weighted by Crippen LogP contribution is 2.25. The molecular weight excluding hydrogens is 268 g/mol. The molecule has 104 valence electrons. The van der Waals surface area contributed by atoms with Gasteiger partial charge in [-0.2, -0.15) is 0 Å². The van der Waals surface area contributed by atoms with E-state index in [1.54, 1.807) is 0 Å². The molecule has 0 atom stereocenters. The molecule has 6 heteroatoms. The van der Waals surface area contributed by atoms with Gasteiger partial charge in [0.15, 0.2) is 0 Å². The van der Waals surface area contributed by atoms with E-state index >= 15 is 0 Å². The van der Waals surface area contributed by atoms with Crippen LogP contribution in [-0.2, 0) is 0 Å². The first-order chi connectivity index (χ1) is 8.99. The Morgan fingerprint density at radius 2 is 2.00 bits per heavy atom. The Bertz CT molecular complexity index is 466. The fourth-order valence-electron chi connectivity index (χ4n) is 1.94. The van der Waals surface area contributed by atoms with Crippen molar-refractivity contribution in [3.8, 4) is 0 Å². The van der Waals surface area contributed by atoms with E-state index in [0.717, 1.165) is 18.7 Å². The normalized spacial score (nSPS) is 14.7. The van der Waals surface area contributed by atoms with E-state index in [1.165, 1.54) is 12.8 Å². The zero-order valence-corrected chi connectivity index (χ0v) is 11.6. The second-order valence-corrected chi connectivity index (χ2v) is 5.26. The summed E-state index contributed by atoms with van der Waals surface area (Å²) < 4.78 is 27.5. The van der Waals surface area contributed by atoms with Crippen molar-refractivity contribution in [1.82, 2.24) is 4.90 Å². The number of likely N-dealkylation sites (N-methyl/N-ethyl adjacent to an activating group) is 1. The number of nitrogens with two attached hydrogens (primary N) is 1. The number of anilines is 1. The summed E-state index contributed by atoms with van der Waals surface area (Å²) in [6.07, 6.45) is 2.42. The van der Waals surface area contributed by atoms with Crippen LogP contribution in [0.5, 0.6) is 0 Å². The summed E-state index contributed by atoms with van der Waals surface area (Å²) >= 11 is 4.70. The summed E-state index contributed by atoms with van der Waals surface area (Å²) in [5.74, 6) is -1.34. The van der Waals surface area contributed by atoms with Gasteiger partial charge >= 0.3 is 0 Å². The van der Waals surface area contributed by atoms with Crippen LogP contribution in [-0.4, -0.2) is 36.1 Å². The van der Waals surface area contributed by atoms with E-state index in [-0.39, 0.29) is 16.2 Å². The summed E-state index contributed by atoms with van der Waals surface area (Å²) in [7, 11) is 2.02. The number of rotatable bonds is 6. The number of hydrogen-bond donors (Lipinski definition) is 2. The predicted molar refractivity (Wildman–Crippen MR) is 76.4 cm³/mol. The number of thiocarbonyl (C=S) groups is 1. The minimum Gasteiger partial charge on any atom is -0.389 e. The van der Waals surface area contributed by atoms with E-state index in [0.29, 0.717) is 12.6 Å². The highest BCUT2D eigenvalue weighted by atomic mass is 32.1. The van der Waals surface area contributed by atoms with Crippen molar-refractivity contribution in [2.45, 2.75) is 18.9 Å². The van der Waals surface area contributed by atoms with E-state index in [4.69, 9.17) is 18.0 Å². The maximum Gasteiger partial charge on any atom is 0.150 e. The van der Waals surface area contributed by atoms with Gasteiger partial charge in [0.2, 0.25) is 0 Å². The summed E-state index contributed by atoms with van der Waals surface area (Å²) in [6.45, 7) is 1.24. The van der Waals surface area contributed by atoms with Gasteiger partial charge in [-0.25, -0.2) is 8.78 Å². The van der Waals surface area contributed by atoms with Crippen molar-refractivity contribution < 1.29 is 8.78 Å². The molecule has 3 N–H and O–H groups in total. The molecule has 0 radical (unpaired) electrons.